The topological polar surface area (TPSA) is 133 Å². The van der Waals surface area contributed by atoms with Gasteiger partial charge in [-0.1, -0.05) is 55.3 Å². The van der Waals surface area contributed by atoms with Crippen LogP contribution in [0.5, 0.6) is 5.75 Å². The number of anilines is 2. The molecule has 4 rings (SSSR count). The van der Waals surface area contributed by atoms with E-state index < -0.39 is 17.8 Å². The maximum absolute atomic E-state index is 13.3. The number of rotatable bonds is 12. The SMILES string of the molecule is CCCCN(C(=O)c1ccccc1)c1ccc(OCc2ccc(NC(=O)c3cccc(Cl)c3)c(C(=O)O)c2)cc1C(=O)O. The van der Waals surface area contributed by atoms with E-state index in [4.69, 9.17) is 16.3 Å². The van der Waals surface area contributed by atoms with Crippen LogP contribution in [0.2, 0.25) is 5.02 Å². The molecule has 0 aliphatic carbocycles. The molecule has 0 saturated heterocycles. The van der Waals surface area contributed by atoms with E-state index >= 15 is 0 Å². The zero-order valence-corrected chi connectivity index (χ0v) is 24.0. The number of halogens is 1. The summed E-state index contributed by atoms with van der Waals surface area (Å²) in [5, 5.41) is 22.7. The number of nitrogens with one attached hydrogen (secondary N) is 1. The van der Waals surface area contributed by atoms with Crippen molar-refractivity contribution < 1.29 is 34.1 Å². The van der Waals surface area contributed by atoms with Gasteiger partial charge in [-0.25, -0.2) is 9.59 Å². The molecular weight excluding hydrogens is 572 g/mol. The first-order valence-electron chi connectivity index (χ1n) is 13.5. The molecule has 0 aliphatic rings. The lowest BCUT2D eigenvalue weighted by Gasteiger charge is -2.25. The van der Waals surface area contributed by atoms with Gasteiger partial charge < -0.3 is 25.2 Å². The number of carboxylic acid groups (broad SMARTS) is 2. The largest absolute Gasteiger partial charge is 0.489 e. The third-order valence-electron chi connectivity index (χ3n) is 6.55. The van der Waals surface area contributed by atoms with Crippen molar-refractivity contribution >= 4 is 46.7 Å². The molecule has 4 aromatic carbocycles. The summed E-state index contributed by atoms with van der Waals surface area (Å²) < 4.78 is 5.82. The molecule has 0 fully saturated rings. The monoisotopic (exact) mass is 600 g/mol. The van der Waals surface area contributed by atoms with E-state index in [0.29, 0.717) is 29.1 Å². The van der Waals surface area contributed by atoms with Crippen LogP contribution < -0.4 is 15.0 Å². The first-order valence-corrected chi connectivity index (χ1v) is 13.9. The molecule has 0 aliphatic heterocycles. The molecule has 10 heteroatoms. The fourth-order valence-corrected chi connectivity index (χ4v) is 4.54. The third-order valence-corrected chi connectivity index (χ3v) is 6.78. The van der Waals surface area contributed by atoms with E-state index in [1.807, 2.05) is 6.92 Å². The van der Waals surface area contributed by atoms with Crippen LogP contribution in [-0.4, -0.2) is 40.5 Å². The predicted molar refractivity (Wildman–Crippen MR) is 164 cm³/mol. The predicted octanol–water partition coefficient (Wildman–Crippen LogP) is 7.01. The highest BCUT2D eigenvalue weighted by atomic mass is 35.5. The lowest BCUT2D eigenvalue weighted by atomic mass is 10.1. The normalized spacial score (nSPS) is 10.6. The van der Waals surface area contributed by atoms with Crippen LogP contribution in [0.4, 0.5) is 11.4 Å². The minimum atomic E-state index is -1.25. The van der Waals surface area contributed by atoms with Gasteiger partial charge >= 0.3 is 11.9 Å². The first kappa shape index (κ1) is 30.8. The number of carboxylic acids is 2. The van der Waals surface area contributed by atoms with Crippen molar-refractivity contribution in [1.29, 1.82) is 0 Å². The fraction of sp³-hybridized carbons (Fsp3) is 0.152. The Hall–Kier alpha value is -5.15. The smallest absolute Gasteiger partial charge is 0.337 e. The standard InChI is InChI=1S/C33H29ClN2O7/c1-2-3-16-36(31(38)22-8-5-4-6-9-22)29-15-13-25(19-27(29)33(41)42)43-20-21-12-14-28(26(17-21)32(39)40)35-30(37)23-10-7-11-24(34)18-23/h4-15,17-19H,2-3,16,20H2,1H3,(H,35,37)(H,39,40)(H,41,42). The van der Waals surface area contributed by atoms with Crippen molar-refractivity contribution in [3.63, 3.8) is 0 Å². The van der Waals surface area contributed by atoms with Gasteiger partial charge in [0.25, 0.3) is 11.8 Å². The zero-order chi connectivity index (χ0) is 30.9. The summed E-state index contributed by atoms with van der Waals surface area (Å²) >= 11 is 5.95. The van der Waals surface area contributed by atoms with E-state index in [1.165, 1.54) is 35.2 Å². The Kier molecular flexibility index (Phi) is 10.1. The van der Waals surface area contributed by atoms with Crippen LogP contribution in [-0.2, 0) is 6.61 Å². The van der Waals surface area contributed by atoms with Crippen LogP contribution >= 0.6 is 11.6 Å². The molecular formula is C33H29ClN2O7. The van der Waals surface area contributed by atoms with Gasteiger partial charge in [0, 0.05) is 22.7 Å². The first-order chi connectivity index (χ1) is 20.7. The summed E-state index contributed by atoms with van der Waals surface area (Å²) in [6.07, 6.45) is 1.49. The van der Waals surface area contributed by atoms with E-state index in [1.54, 1.807) is 60.7 Å². The highest BCUT2D eigenvalue weighted by Gasteiger charge is 2.23. The van der Waals surface area contributed by atoms with Gasteiger partial charge in [-0.3, -0.25) is 9.59 Å². The van der Waals surface area contributed by atoms with Crippen molar-refractivity contribution in [2.75, 3.05) is 16.8 Å². The molecule has 0 saturated carbocycles. The maximum Gasteiger partial charge on any atom is 0.337 e. The molecule has 0 spiro atoms. The molecule has 220 valence electrons. The van der Waals surface area contributed by atoms with Gasteiger partial charge in [0.15, 0.2) is 0 Å². The summed E-state index contributed by atoms with van der Waals surface area (Å²) in [6.45, 7) is 2.24. The summed E-state index contributed by atoms with van der Waals surface area (Å²) in [6, 6.07) is 23.8. The summed E-state index contributed by atoms with van der Waals surface area (Å²) in [5.74, 6) is -3.09. The summed E-state index contributed by atoms with van der Waals surface area (Å²) in [7, 11) is 0. The van der Waals surface area contributed by atoms with Crippen LogP contribution in [0, 0.1) is 0 Å². The highest BCUT2D eigenvalue weighted by Crippen LogP contribution is 2.29. The molecule has 0 radical (unpaired) electrons. The Bertz CT molecular complexity index is 1660. The van der Waals surface area contributed by atoms with Crippen LogP contribution in [0.3, 0.4) is 0 Å². The molecule has 0 bridgehead atoms. The number of ether oxygens (including phenoxy) is 1. The zero-order valence-electron chi connectivity index (χ0n) is 23.2. The highest BCUT2D eigenvalue weighted by molar-refractivity contribution is 6.31. The van der Waals surface area contributed by atoms with Crippen LogP contribution in [0.1, 0.15) is 66.8 Å². The molecule has 0 unspecified atom stereocenters. The second-order valence-electron chi connectivity index (χ2n) is 9.60. The Morgan fingerprint density at radius 3 is 2.21 bits per heavy atom. The van der Waals surface area contributed by atoms with E-state index in [9.17, 15) is 29.4 Å². The van der Waals surface area contributed by atoms with Gasteiger partial charge in [0.2, 0.25) is 0 Å². The molecule has 0 heterocycles. The second kappa shape index (κ2) is 14.2. The quantitative estimate of drug-likeness (QED) is 0.159. The summed E-state index contributed by atoms with van der Waals surface area (Å²) in [5.41, 5.74) is 1.27. The van der Waals surface area contributed by atoms with Gasteiger partial charge in [0.1, 0.15) is 12.4 Å². The van der Waals surface area contributed by atoms with Gasteiger partial charge in [0.05, 0.1) is 22.5 Å². The number of carbonyl (C=O) groups excluding carboxylic acids is 2. The molecule has 2 amide bonds. The van der Waals surface area contributed by atoms with Crippen LogP contribution in [0.25, 0.3) is 0 Å². The Morgan fingerprint density at radius 2 is 1.53 bits per heavy atom. The molecule has 3 N–H and O–H groups in total. The van der Waals surface area contributed by atoms with Gasteiger partial charge in [-0.2, -0.15) is 0 Å². The van der Waals surface area contributed by atoms with Gasteiger partial charge in [-0.15, -0.1) is 0 Å². The van der Waals surface area contributed by atoms with Crippen LogP contribution in [0.15, 0.2) is 91.0 Å². The summed E-state index contributed by atoms with van der Waals surface area (Å²) in [4.78, 5) is 51.6. The Morgan fingerprint density at radius 1 is 0.814 bits per heavy atom. The lowest BCUT2D eigenvalue weighted by molar-refractivity contribution is 0.0686. The van der Waals surface area contributed by atoms with Crippen molar-refractivity contribution in [2.45, 2.75) is 26.4 Å². The minimum Gasteiger partial charge on any atom is -0.489 e. The van der Waals surface area contributed by atoms with Gasteiger partial charge in [-0.05, 0) is 72.6 Å². The van der Waals surface area contributed by atoms with E-state index in [0.717, 1.165) is 6.42 Å². The third kappa shape index (κ3) is 7.78. The fourth-order valence-electron chi connectivity index (χ4n) is 4.35. The number of nitrogens with zero attached hydrogens (tertiary/aromatic N) is 1. The second-order valence-corrected chi connectivity index (χ2v) is 10.0. The Balaban J connectivity index is 1.54. The van der Waals surface area contributed by atoms with E-state index in [-0.39, 0.29) is 46.3 Å². The van der Waals surface area contributed by atoms with E-state index in [2.05, 4.69) is 5.32 Å². The maximum atomic E-state index is 13.3. The van der Waals surface area contributed by atoms with Crippen molar-refractivity contribution in [2.24, 2.45) is 0 Å². The average Bonchev–Trinajstić information content (AvgIpc) is 3.01. The number of amides is 2. The number of aromatic carboxylic acids is 2. The molecule has 4 aromatic rings. The minimum absolute atomic E-state index is 0.0797. The van der Waals surface area contributed by atoms with Crippen molar-refractivity contribution in [3.8, 4) is 5.75 Å². The van der Waals surface area contributed by atoms with Crippen molar-refractivity contribution in [3.05, 3.63) is 124 Å². The average molecular weight is 601 g/mol. The number of hydrogen-bond acceptors (Lipinski definition) is 5. The number of unbranched alkanes of at least 4 members (excludes halogenated alkanes) is 1. The lowest BCUT2D eigenvalue weighted by Crippen LogP contribution is -2.33. The number of carbonyl (C=O) groups is 4. The molecule has 43 heavy (non-hydrogen) atoms. The number of hydrogen-bond donors (Lipinski definition) is 3. The molecule has 9 nitrogen and oxygen atoms in total. The molecule has 0 aromatic heterocycles. The number of benzene rings is 4. The molecule has 0 atom stereocenters. The Labute approximate surface area is 253 Å². The van der Waals surface area contributed by atoms with Crippen molar-refractivity contribution in [1.82, 2.24) is 0 Å².